The van der Waals surface area contributed by atoms with Crippen molar-refractivity contribution in [2.75, 3.05) is 20.3 Å². The Morgan fingerprint density at radius 1 is 1.27 bits per heavy atom. The summed E-state index contributed by atoms with van der Waals surface area (Å²) in [5.41, 5.74) is 0. The van der Waals surface area contributed by atoms with E-state index >= 15 is 0 Å². The first-order valence-electron chi connectivity index (χ1n) is 4.87. The number of aromatic nitrogens is 3. The number of hydrogen-bond acceptors (Lipinski definition) is 4. The Balaban J connectivity index is 2.49. The molecular weight excluding hydrogens is 262 g/mol. The first-order chi connectivity index (χ1) is 7.33. The van der Waals surface area contributed by atoms with E-state index in [9.17, 15) is 0 Å². The lowest BCUT2D eigenvalue weighted by Crippen LogP contribution is -2.08. The third-order valence-electron chi connectivity index (χ3n) is 2.00. The van der Waals surface area contributed by atoms with Gasteiger partial charge in [0.15, 0.2) is 5.82 Å². The minimum Gasteiger partial charge on any atom is -0.382 e. The maximum absolute atomic E-state index is 5.40. The quantitative estimate of drug-likeness (QED) is 0.558. The van der Waals surface area contributed by atoms with Gasteiger partial charge in [0.2, 0.25) is 0 Å². The molecule has 0 bridgehead atoms. The highest BCUT2D eigenvalue weighted by Gasteiger charge is 2.08. The van der Waals surface area contributed by atoms with Gasteiger partial charge in [-0.05, 0) is 6.92 Å². The third-order valence-corrected chi connectivity index (χ3v) is 2.50. The van der Waals surface area contributed by atoms with Crippen molar-refractivity contribution in [2.45, 2.75) is 25.4 Å². The molecule has 0 aliphatic rings. The van der Waals surface area contributed by atoms with Crippen molar-refractivity contribution in [1.29, 1.82) is 0 Å². The van der Waals surface area contributed by atoms with Crippen LogP contribution in [-0.2, 0) is 28.0 Å². The van der Waals surface area contributed by atoms with Gasteiger partial charge in [-0.2, -0.15) is 0 Å². The van der Waals surface area contributed by atoms with E-state index < -0.39 is 0 Å². The van der Waals surface area contributed by atoms with Gasteiger partial charge < -0.3 is 14.0 Å². The number of ether oxygens (including phenoxy) is 2. The summed E-state index contributed by atoms with van der Waals surface area (Å²) >= 11 is 3.37. The topological polar surface area (TPSA) is 49.2 Å². The normalized spacial score (nSPS) is 10.9. The molecule has 1 rings (SSSR count). The van der Waals surface area contributed by atoms with Crippen LogP contribution in [-0.4, -0.2) is 35.1 Å². The van der Waals surface area contributed by atoms with Gasteiger partial charge in [-0.15, -0.1) is 10.2 Å². The van der Waals surface area contributed by atoms with Gasteiger partial charge >= 0.3 is 0 Å². The molecule has 0 fully saturated rings. The second kappa shape index (κ2) is 6.92. The molecule has 6 heteroatoms. The first kappa shape index (κ1) is 12.6. The molecule has 0 aliphatic heterocycles. The molecule has 0 spiro atoms. The summed E-state index contributed by atoms with van der Waals surface area (Å²) in [7, 11) is 1.65. The summed E-state index contributed by atoms with van der Waals surface area (Å²) in [5, 5.41) is 8.85. The largest absolute Gasteiger partial charge is 0.382 e. The van der Waals surface area contributed by atoms with Crippen molar-refractivity contribution in [1.82, 2.24) is 14.8 Å². The molecule has 0 radical (unpaired) electrons. The zero-order valence-corrected chi connectivity index (χ0v) is 10.7. The van der Waals surface area contributed by atoms with Crippen LogP contribution >= 0.6 is 15.9 Å². The fourth-order valence-electron chi connectivity index (χ4n) is 1.25. The summed E-state index contributed by atoms with van der Waals surface area (Å²) in [5.74, 6) is 1.80. The van der Waals surface area contributed by atoms with E-state index in [-0.39, 0.29) is 0 Å². The second-order valence-corrected chi connectivity index (χ2v) is 3.52. The van der Waals surface area contributed by atoms with Crippen molar-refractivity contribution in [3.63, 3.8) is 0 Å². The highest BCUT2D eigenvalue weighted by atomic mass is 79.9. The van der Waals surface area contributed by atoms with Crippen LogP contribution < -0.4 is 0 Å². The summed E-state index contributed by atoms with van der Waals surface area (Å²) < 4.78 is 12.3. The van der Waals surface area contributed by atoms with Crippen LogP contribution in [0.1, 0.15) is 18.6 Å². The second-order valence-electron chi connectivity index (χ2n) is 2.96. The van der Waals surface area contributed by atoms with E-state index in [2.05, 4.69) is 33.1 Å². The van der Waals surface area contributed by atoms with E-state index in [1.807, 2.05) is 4.57 Å². The maximum atomic E-state index is 5.40. The molecule has 15 heavy (non-hydrogen) atoms. The van der Waals surface area contributed by atoms with Gasteiger partial charge in [-0.3, -0.25) is 0 Å². The lowest BCUT2D eigenvalue weighted by Gasteiger charge is -2.06. The molecule has 1 heterocycles. The average Bonchev–Trinajstić information content (AvgIpc) is 2.66. The molecule has 0 atom stereocenters. The number of halogens is 1. The zero-order chi connectivity index (χ0) is 11.1. The van der Waals surface area contributed by atoms with Crippen LogP contribution in [0.2, 0.25) is 0 Å². The van der Waals surface area contributed by atoms with Crippen molar-refractivity contribution < 1.29 is 9.47 Å². The highest BCUT2D eigenvalue weighted by molar-refractivity contribution is 9.08. The average molecular weight is 278 g/mol. The smallest absolute Gasteiger partial charge is 0.159 e. The van der Waals surface area contributed by atoms with Crippen LogP contribution in [0, 0.1) is 0 Å². The highest BCUT2D eigenvalue weighted by Crippen LogP contribution is 2.07. The number of methoxy groups -OCH3 is 1. The van der Waals surface area contributed by atoms with Crippen molar-refractivity contribution in [2.24, 2.45) is 0 Å². The summed E-state index contributed by atoms with van der Waals surface area (Å²) in [6.07, 6.45) is 0. The Bertz CT molecular complexity index is 291. The van der Waals surface area contributed by atoms with E-state index in [1.54, 1.807) is 7.11 Å². The Morgan fingerprint density at radius 3 is 2.60 bits per heavy atom. The maximum Gasteiger partial charge on any atom is 0.159 e. The van der Waals surface area contributed by atoms with Gasteiger partial charge in [0.05, 0.1) is 18.5 Å². The Labute approximate surface area is 97.9 Å². The molecule has 1 aromatic heterocycles. The SMILES string of the molecule is CCn1c(CBr)nnc1COCCOC. The molecule has 5 nitrogen and oxygen atoms in total. The van der Waals surface area contributed by atoms with E-state index in [0.29, 0.717) is 25.2 Å². The molecule has 0 aromatic carbocycles. The Morgan fingerprint density at radius 2 is 2.00 bits per heavy atom. The molecule has 0 saturated carbocycles. The van der Waals surface area contributed by atoms with Gasteiger partial charge in [0, 0.05) is 13.7 Å². The molecule has 0 N–H and O–H groups in total. The van der Waals surface area contributed by atoms with Crippen LogP contribution in [0.3, 0.4) is 0 Å². The zero-order valence-electron chi connectivity index (χ0n) is 9.07. The molecule has 0 aliphatic carbocycles. The molecular formula is C9H16BrN3O2. The van der Waals surface area contributed by atoms with Gasteiger partial charge in [-0.25, -0.2) is 0 Å². The number of hydrogen-bond donors (Lipinski definition) is 0. The summed E-state index contributed by atoms with van der Waals surface area (Å²) in [6, 6.07) is 0. The third kappa shape index (κ3) is 3.55. The van der Waals surface area contributed by atoms with Crippen molar-refractivity contribution >= 4 is 15.9 Å². The lowest BCUT2D eigenvalue weighted by atomic mass is 10.5. The van der Waals surface area contributed by atoms with Crippen LogP contribution in [0.25, 0.3) is 0 Å². The minimum absolute atomic E-state index is 0.483. The minimum atomic E-state index is 0.483. The fourth-order valence-corrected chi connectivity index (χ4v) is 1.66. The first-order valence-corrected chi connectivity index (χ1v) is 5.99. The molecule has 0 amide bonds. The molecule has 86 valence electrons. The predicted molar refractivity (Wildman–Crippen MR) is 59.9 cm³/mol. The fraction of sp³-hybridized carbons (Fsp3) is 0.778. The van der Waals surface area contributed by atoms with Crippen LogP contribution in [0.4, 0.5) is 0 Å². The Hall–Kier alpha value is -0.460. The van der Waals surface area contributed by atoms with Crippen LogP contribution in [0.5, 0.6) is 0 Å². The lowest BCUT2D eigenvalue weighted by molar-refractivity contribution is 0.0572. The monoisotopic (exact) mass is 277 g/mol. The van der Waals surface area contributed by atoms with Crippen LogP contribution in [0.15, 0.2) is 0 Å². The number of rotatable bonds is 7. The number of alkyl halides is 1. The van der Waals surface area contributed by atoms with E-state index in [0.717, 1.165) is 18.2 Å². The van der Waals surface area contributed by atoms with Crippen molar-refractivity contribution in [3.8, 4) is 0 Å². The van der Waals surface area contributed by atoms with Gasteiger partial charge in [0.25, 0.3) is 0 Å². The van der Waals surface area contributed by atoms with Crippen molar-refractivity contribution in [3.05, 3.63) is 11.6 Å². The van der Waals surface area contributed by atoms with Gasteiger partial charge in [0.1, 0.15) is 12.4 Å². The summed E-state index contributed by atoms with van der Waals surface area (Å²) in [6.45, 7) is 4.59. The van der Waals surface area contributed by atoms with Gasteiger partial charge in [-0.1, -0.05) is 15.9 Å². The summed E-state index contributed by atoms with van der Waals surface area (Å²) in [4.78, 5) is 0. The number of nitrogens with zero attached hydrogens (tertiary/aromatic N) is 3. The molecule has 0 unspecified atom stereocenters. The molecule has 1 aromatic rings. The van der Waals surface area contributed by atoms with E-state index in [1.165, 1.54) is 0 Å². The standard InChI is InChI=1S/C9H16BrN3O2/c1-3-13-8(6-10)11-12-9(13)7-15-5-4-14-2/h3-7H2,1-2H3. The van der Waals surface area contributed by atoms with E-state index in [4.69, 9.17) is 9.47 Å². The predicted octanol–water partition coefficient (Wildman–Crippen LogP) is 1.36. The Kier molecular flexibility index (Phi) is 5.82. The molecule has 0 saturated heterocycles.